The van der Waals surface area contributed by atoms with E-state index >= 15 is 0 Å². The lowest BCUT2D eigenvalue weighted by atomic mass is 9.95. The SMILES string of the molecule is CCCNC(=O)N1C[C@@H](O)COC[C@@H]2O[C@H](CC(=O)NCc3ccc(Cl)c(Cl)c3)CC[C@H]21. The Morgan fingerprint density at radius 1 is 1.19 bits per heavy atom. The van der Waals surface area contributed by atoms with Gasteiger partial charge in [0.15, 0.2) is 0 Å². The number of carbonyl (C=O) groups excluding carboxylic acids is 2. The van der Waals surface area contributed by atoms with Crippen LogP contribution in [0, 0.1) is 0 Å². The first-order valence-electron chi connectivity index (χ1n) is 11.0. The van der Waals surface area contributed by atoms with Crippen LogP contribution < -0.4 is 10.6 Å². The van der Waals surface area contributed by atoms with Crippen LogP contribution >= 0.6 is 23.2 Å². The Labute approximate surface area is 198 Å². The molecule has 0 radical (unpaired) electrons. The second-order valence-corrected chi connectivity index (χ2v) is 9.06. The molecule has 1 aromatic rings. The summed E-state index contributed by atoms with van der Waals surface area (Å²) in [6.45, 7) is 3.50. The van der Waals surface area contributed by atoms with E-state index in [9.17, 15) is 14.7 Å². The van der Waals surface area contributed by atoms with Gasteiger partial charge in [-0.05, 0) is 37.0 Å². The Hall–Kier alpha value is -1.58. The van der Waals surface area contributed by atoms with Gasteiger partial charge in [0, 0.05) is 13.1 Å². The number of aliphatic hydroxyl groups excluding tert-OH is 1. The molecule has 0 saturated carbocycles. The van der Waals surface area contributed by atoms with E-state index in [2.05, 4.69) is 10.6 Å². The number of nitrogens with one attached hydrogen (secondary N) is 2. The lowest BCUT2D eigenvalue weighted by Crippen LogP contribution is -2.59. The van der Waals surface area contributed by atoms with Crippen LogP contribution in [0.1, 0.15) is 38.2 Å². The normalized spacial score (nSPS) is 25.9. The Kier molecular flexibility index (Phi) is 9.43. The summed E-state index contributed by atoms with van der Waals surface area (Å²) in [7, 11) is 0. The number of nitrogens with zero attached hydrogens (tertiary/aromatic N) is 1. The molecule has 3 N–H and O–H groups in total. The molecule has 0 aromatic heterocycles. The van der Waals surface area contributed by atoms with Crippen LogP contribution in [0.3, 0.4) is 0 Å². The van der Waals surface area contributed by atoms with E-state index in [1.165, 1.54) is 0 Å². The molecule has 2 aliphatic heterocycles. The number of ether oxygens (including phenoxy) is 2. The highest BCUT2D eigenvalue weighted by Crippen LogP contribution is 2.28. The van der Waals surface area contributed by atoms with Crippen molar-refractivity contribution in [1.29, 1.82) is 0 Å². The zero-order valence-electron chi connectivity index (χ0n) is 18.2. The Morgan fingerprint density at radius 2 is 2.00 bits per heavy atom. The third kappa shape index (κ3) is 6.96. The summed E-state index contributed by atoms with van der Waals surface area (Å²) in [4.78, 5) is 26.8. The molecule has 4 atom stereocenters. The number of urea groups is 1. The molecule has 0 aliphatic carbocycles. The fraction of sp³-hybridized carbons (Fsp3) is 0.636. The van der Waals surface area contributed by atoms with E-state index in [1.54, 1.807) is 17.0 Å². The van der Waals surface area contributed by atoms with Gasteiger partial charge in [-0.2, -0.15) is 0 Å². The first-order valence-corrected chi connectivity index (χ1v) is 11.8. The van der Waals surface area contributed by atoms with Crippen LogP contribution in [-0.2, 0) is 20.8 Å². The van der Waals surface area contributed by atoms with Gasteiger partial charge in [-0.15, -0.1) is 0 Å². The predicted octanol–water partition coefficient (Wildman–Crippen LogP) is 2.73. The van der Waals surface area contributed by atoms with Crippen LogP contribution in [0.4, 0.5) is 4.79 Å². The maximum Gasteiger partial charge on any atom is 0.317 e. The van der Waals surface area contributed by atoms with Crippen molar-refractivity contribution in [1.82, 2.24) is 15.5 Å². The van der Waals surface area contributed by atoms with Crippen molar-refractivity contribution in [2.45, 2.75) is 63.5 Å². The summed E-state index contributed by atoms with van der Waals surface area (Å²) >= 11 is 11.9. The second-order valence-electron chi connectivity index (χ2n) is 8.25. The van der Waals surface area contributed by atoms with E-state index in [0.717, 1.165) is 12.0 Å². The molecule has 2 heterocycles. The van der Waals surface area contributed by atoms with E-state index in [0.29, 0.717) is 36.0 Å². The topological polar surface area (TPSA) is 100 Å². The maximum absolute atomic E-state index is 12.7. The van der Waals surface area contributed by atoms with Gasteiger partial charge in [0.25, 0.3) is 0 Å². The predicted molar refractivity (Wildman–Crippen MR) is 122 cm³/mol. The van der Waals surface area contributed by atoms with Crippen LogP contribution in [0.5, 0.6) is 0 Å². The lowest BCUT2D eigenvalue weighted by molar-refractivity contribution is -0.150. The summed E-state index contributed by atoms with van der Waals surface area (Å²) in [5.41, 5.74) is 0.859. The first-order chi connectivity index (χ1) is 15.4. The summed E-state index contributed by atoms with van der Waals surface area (Å²) in [6, 6.07) is 4.82. The number of fused-ring (bicyclic) bond motifs is 1. The van der Waals surface area contributed by atoms with E-state index in [1.807, 2.05) is 13.0 Å². The number of carbonyl (C=O) groups is 2. The van der Waals surface area contributed by atoms with Gasteiger partial charge >= 0.3 is 6.03 Å². The Balaban J connectivity index is 1.55. The monoisotopic (exact) mass is 487 g/mol. The quantitative estimate of drug-likeness (QED) is 0.572. The highest BCUT2D eigenvalue weighted by atomic mass is 35.5. The zero-order valence-corrected chi connectivity index (χ0v) is 19.7. The standard InChI is InChI=1S/C22H31Cl2N3O5/c1-2-7-25-22(30)27-11-15(28)12-31-13-20-19(27)6-4-16(32-20)9-21(29)26-10-14-3-5-17(23)18(24)8-14/h3,5,8,15-16,19-20,28H,2,4,6-7,9-13H2,1H3,(H,25,30)(H,26,29)/t15-,16+,19-,20+/m1/s1. The number of β-amino-alcohol motifs (C(OH)–C–C–N with tert-alkyl or cyclic N) is 1. The van der Waals surface area contributed by atoms with Gasteiger partial charge in [-0.1, -0.05) is 36.2 Å². The largest absolute Gasteiger partial charge is 0.389 e. The molecule has 1 aromatic carbocycles. The van der Waals surface area contributed by atoms with Crippen molar-refractivity contribution in [2.24, 2.45) is 0 Å². The molecule has 178 valence electrons. The van der Waals surface area contributed by atoms with Crippen molar-refractivity contribution in [3.63, 3.8) is 0 Å². The van der Waals surface area contributed by atoms with E-state index in [4.69, 9.17) is 32.7 Å². The number of rotatable bonds is 6. The maximum atomic E-state index is 12.7. The molecular formula is C22H31Cl2N3O5. The van der Waals surface area contributed by atoms with Crippen molar-refractivity contribution >= 4 is 35.1 Å². The molecule has 32 heavy (non-hydrogen) atoms. The molecule has 8 nitrogen and oxygen atoms in total. The second kappa shape index (κ2) is 12.0. The van der Waals surface area contributed by atoms with Crippen molar-refractivity contribution in [2.75, 3.05) is 26.3 Å². The summed E-state index contributed by atoms with van der Waals surface area (Å²) < 4.78 is 11.8. The minimum Gasteiger partial charge on any atom is -0.389 e. The van der Waals surface area contributed by atoms with E-state index < -0.39 is 6.10 Å². The van der Waals surface area contributed by atoms with Crippen LogP contribution in [-0.4, -0.2) is 72.6 Å². The molecule has 3 amide bonds. The highest BCUT2D eigenvalue weighted by Gasteiger charge is 2.39. The van der Waals surface area contributed by atoms with Gasteiger partial charge in [-0.25, -0.2) is 4.79 Å². The van der Waals surface area contributed by atoms with E-state index in [-0.39, 0.29) is 56.4 Å². The molecule has 2 aliphatic rings. The fourth-order valence-corrected chi connectivity index (χ4v) is 4.36. The number of hydrogen-bond acceptors (Lipinski definition) is 5. The van der Waals surface area contributed by atoms with Crippen LogP contribution in [0.15, 0.2) is 18.2 Å². The van der Waals surface area contributed by atoms with Gasteiger partial charge in [0.05, 0.1) is 54.5 Å². The van der Waals surface area contributed by atoms with Gasteiger partial charge in [-0.3, -0.25) is 4.79 Å². The highest BCUT2D eigenvalue weighted by molar-refractivity contribution is 6.42. The van der Waals surface area contributed by atoms with Gasteiger partial charge in [0.1, 0.15) is 6.10 Å². The summed E-state index contributed by atoms with van der Waals surface area (Å²) in [5, 5.41) is 16.8. The molecule has 3 rings (SSSR count). The molecule has 0 unspecified atom stereocenters. The Bertz CT molecular complexity index is 797. The number of amides is 3. The molecular weight excluding hydrogens is 457 g/mol. The third-order valence-electron chi connectivity index (χ3n) is 5.65. The van der Waals surface area contributed by atoms with Crippen LogP contribution in [0.25, 0.3) is 0 Å². The zero-order chi connectivity index (χ0) is 23.1. The molecule has 2 fully saturated rings. The first kappa shape index (κ1) is 25.1. The number of aliphatic hydroxyl groups is 1. The Morgan fingerprint density at radius 3 is 2.75 bits per heavy atom. The van der Waals surface area contributed by atoms with Gasteiger partial charge < -0.3 is 30.1 Å². The average molecular weight is 488 g/mol. The summed E-state index contributed by atoms with van der Waals surface area (Å²) in [6.07, 6.45) is 0.994. The lowest BCUT2D eigenvalue weighted by Gasteiger charge is -2.44. The average Bonchev–Trinajstić information content (AvgIpc) is 2.76. The number of hydrogen-bond donors (Lipinski definition) is 3. The molecule has 2 saturated heterocycles. The molecule has 0 bridgehead atoms. The van der Waals surface area contributed by atoms with Crippen molar-refractivity contribution in [3.05, 3.63) is 33.8 Å². The third-order valence-corrected chi connectivity index (χ3v) is 6.39. The van der Waals surface area contributed by atoms with Crippen molar-refractivity contribution < 1.29 is 24.2 Å². The minimum absolute atomic E-state index is 0.126. The summed E-state index contributed by atoms with van der Waals surface area (Å²) in [5.74, 6) is -0.126. The fourth-order valence-electron chi connectivity index (χ4n) is 4.04. The number of halogens is 2. The minimum atomic E-state index is -0.742. The number of benzene rings is 1. The van der Waals surface area contributed by atoms with Crippen molar-refractivity contribution in [3.8, 4) is 0 Å². The smallest absolute Gasteiger partial charge is 0.317 e. The molecule has 10 heteroatoms. The van der Waals surface area contributed by atoms with Gasteiger partial charge in [0.2, 0.25) is 5.91 Å². The molecule has 0 spiro atoms. The van der Waals surface area contributed by atoms with Crippen LogP contribution in [0.2, 0.25) is 10.0 Å².